The molecule has 1 aliphatic heterocycles. The molecule has 1 saturated heterocycles. The first-order valence-corrected chi connectivity index (χ1v) is 11.6. The number of halogens is 2. The molecule has 11 heteroatoms. The van der Waals surface area contributed by atoms with Crippen LogP contribution in [-0.2, 0) is 10.0 Å². The van der Waals surface area contributed by atoms with Crippen molar-refractivity contribution in [2.75, 3.05) is 18.4 Å². The van der Waals surface area contributed by atoms with Gasteiger partial charge in [0.2, 0.25) is 16.0 Å². The number of nitrogens with one attached hydrogen (secondary N) is 2. The number of aromatic amines is 1. The lowest BCUT2D eigenvalue weighted by molar-refractivity contribution is 0.324. The number of nitrogens with zero attached hydrogens (tertiary/aromatic N) is 4. The van der Waals surface area contributed by atoms with Crippen molar-refractivity contribution in [2.24, 2.45) is 0 Å². The minimum Gasteiger partial charge on any atom is -0.366 e. The predicted molar refractivity (Wildman–Crippen MR) is 114 cm³/mol. The number of pyridine rings is 1. The maximum atomic E-state index is 14.3. The second-order valence-electron chi connectivity index (χ2n) is 7.59. The van der Waals surface area contributed by atoms with Gasteiger partial charge in [-0.05, 0) is 32.8 Å². The van der Waals surface area contributed by atoms with E-state index in [1.807, 2.05) is 0 Å². The van der Waals surface area contributed by atoms with E-state index in [2.05, 4.69) is 25.3 Å². The van der Waals surface area contributed by atoms with Gasteiger partial charge in [0.1, 0.15) is 11.5 Å². The molecule has 4 heterocycles. The molecule has 0 aliphatic carbocycles. The molecule has 0 unspecified atom stereocenters. The van der Waals surface area contributed by atoms with Crippen molar-refractivity contribution in [3.05, 3.63) is 35.5 Å². The molecule has 160 valence electrons. The first-order valence-electron chi connectivity index (χ1n) is 9.67. The van der Waals surface area contributed by atoms with Crippen LogP contribution in [0.5, 0.6) is 0 Å². The first kappa shape index (κ1) is 21.0. The molecule has 0 radical (unpaired) electrons. The standard InChI is InChI=1S/C19H22ClFN6O2S/c1-11(2)30(28,29)27-5-3-4-13(10-27)24-17-7-16(21)25-19(26-17)15-9-23-18-14(15)6-12(20)8-22-18/h6-9,11,13H,3-5,10H2,1-2H3,(H,22,23)(H,24,25,26)/t13-/m1/s1. The second-order valence-corrected chi connectivity index (χ2v) is 10.5. The van der Waals surface area contributed by atoms with Crippen LogP contribution in [0.3, 0.4) is 0 Å². The Balaban J connectivity index is 1.60. The third kappa shape index (κ3) is 4.12. The summed E-state index contributed by atoms with van der Waals surface area (Å²) in [5.74, 6) is -0.194. The van der Waals surface area contributed by atoms with Gasteiger partial charge in [0.05, 0.1) is 10.3 Å². The van der Waals surface area contributed by atoms with Crippen LogP contribution in [0, 0.1) is 5.95 Å². The van der Waals surface area contributed by atoms with Gasteiger partial charge in [0, 0.05) is 48.5 Å². The summed E-state index contributed by atoms with van der Waals surface area (Å²) in [6, 6.07) is 2.75. The van der Waals surface area contributed by atoms with Crippen molar-refractivity contribution in [2.45, 2.75) is 38.0 Å². The van der Waals surface area contributed by atoms with E-state index in [-0.39, 0.29) is 11.9 Å². The maximum Gasteiger partial charge on any atom is 0.218 e. The highest BCUT2D eigenvalue weighted by atomic mass is 35.5. The normalized spacial score (nSPS) is 18.2. The summed E-state index contributed by atoms with van der Waals surface area (Å²) in [6.07, 6.45) is 4.65. The quantitative estimate of drug-likeness (QED) is 0.575. The van der Waals surface area contributed by atoms with E-state index in [1.54, 1.807) is 26.1 Å². The number of H-pyrrole nitrogens is 1. The van der Waals surface area contributed by atoms with Crippen molar-refractivity contribution in [3.8, 4) is 11.4 Å². The van der Waals surface area contributed by atoms with E-state index in [4.69, 9.17) is 11.6 Å². The number of hydrogen-bond acceptors (Lipinski definition) is 6. The molecule has 1 fully saturated rings. The zero-order valence-electron chi connectivity index (χ0n) is 16.6. The number of sulfonamides is 1. The lowest BCUT2D eigenvalue weighted by atomic mass is 10.1. The fourth-order valence-electron chi connectivity index (χ4n) is 3.57. The summed E-state index contributed by atoms with van der Waals surface area (Å²) < 4.78 is 40.7. The summed E-state index contributed by atoms with van der Waals surface area (Å²) in [5, 5.41) is 3.83. The monoisotopic (exact) mass is 452 g/mol. The van der Waals surface area contributed by atoms with Crippen LogP contribution < -0.4 is 5.32 Å². The highest BCUT2D eigenvalue weighted by Gasteiger charge is 2.31. The van der Waals surface area contributed by atoms with Crippen LogP contribution in [0.1, 0.15) is 26.7 Å². The SMILES string of the molecule is CC(C)S(=O)(=O)N1CCC[C@@H](Nc2cc(F)nc(-c3c[nH]c4ncc(Cl)cc34)n2)C1. The van der Waals surface area contributed by atoms with Gasteiger partial charge in [0.15, 0.2) is 5.82 Å². The molecule has 2 N–H and O–H groups in total. The molecule has 3 aromatic rings. The smallest absolute Gasteiger partial charge is 0.218 e. The lowest BCUT2D eigenvalue weighted by Gasteiger charge is -2.33. The van der Waals surface area contributed by atoms with Crippen molar-refractivity contribution in [1.82, 2.24) is 24.2 Å². The number of fused-ring (bicyclic) bond motifs is 1. The zero-order chi connectivity index (χ0) is 21.5. The molecule has 30 heavy (non-hydrogen) atoms. The number of anilines is 1. The Morgan fingerprint density at radius 2 is 2.13 bits per heavy atom. The van der Waals surface area contributed by atoms with E-state index in [9.17, 15) is 12.8 Å². The van der Waals surface area contributed by atoms with Crippen molar-refractivity contribution >= 4 is 38.5 Å². The van der Waals surface area contributed by atoms with E-state index < -0.39 is 21.2 Å². The fraction of sp³-hybridized carbons (Fsp3) is 0.421. The van der Waals surface area contributed by atoms with Crippen LogP contribution in [0.2, 0.25) is 5.02 Å². The molecule has 1 atom stereocenters. The van der Waals surface area contributed by atoms with Gasteiger partial charge in [-0.3, -0.25) is 0 Å². The van der Waals surface area contributed by atoms with E-state index in [0.29, 0.717) is 40.5 Å². The van der Waals surface area contributed by atoms with Gasteiger partial charge in [-0.25, -0.2) is 18.4 Å². The Labute approximate surface area is 178 Å². The van der Waals surface area contributed by atoms with Crippen LogP contribution in [0.4, 0.5) is 10.2 Å². The number of piperidine rings is 1. The molecule has 0 amide bonds. The molecule has 0 aromatic carbocycles. The second kappa shape index (κ2) is 8.09. The van der Waals surface area contributed by atoms with Crippen molar-refractivity contribution in [1.29, 1.82) is 0 Å². The highest BCUT2D eigenvalue weighted by Crippen LogP contribution is 2.28. The minimum atomic E-state index is -3.34. The number of aromatic nitrogens is 4. The van der Waals surface area contributed by atoms with Crippen LogP contribution in [0.25, 0.3) is 22.4 Å². The number of hydrogen-bond donors (Lipinski definition) is 2. The van der Waals surface area contributed by atoms with Gasteiger partial charge < -0.3 is 10.3 Å². The third-order valence-electron chi connectivity index (χ3n) is 5.13. The Hall–Kier alpha value is -2.30. The molecular weight excluding hydrogens is 431 g/mol. The van der Waals surface area contributed by atoms with E-state index in [1.165, 1.54) is 16.6 Å². The van der Waals surface area contributed by atoms with Crippen LogP contribution >= 0.6 is 11.6 Å². The summed E-state index contributed by atoms with van der Waals surface area (Å²) >= 11 is 6.04. The molecule has 1 aliphatic rings. The largest absolute Gasteiger partial charge is 0.366 e. The Morgan fingerprint density at radius 3 is 2.90 bits per heavy atom. The predicted octanol–water partition coefficient (Wildman–Crippen LogP) is 3.43. The molecule has 0 bridgehead atoms. The highest BCUT2D eigenvalue weighted by molar-refractivity contribution is 7.89. The van der Waals surface area contributed by atoms with E-state index in [0.717, 1.165) is 12.8 Å². The van der Waals surface area contributed by atoms with Crippen molar-refractivity contribution < 1.29 is 12.8 Å². The number of rotatable bonds is 5. The van der Waals surface area contributed by atoms with Gasteiger partial charge in [-0.15, -0.1) is 0 Å². The van der Waals surface area contributed by atoms with Crippen molar-refractivity contribution in [3.63, 3.8) is 0 Å². The molecule has 0 saturated carbocycles. The Morgan fingerprint density at radius 1 is 1.33 bits per heavy atom. The first-order chi connectivity index (χ1) is 14.2. The Bertz CT molecular complexity index is 1180. The summed E-state index contributed by atoms with van der Waals surface area (Å²) in [6.45, 7) is 4.14. The van der Waals surface area contributed by atoms with Crippen LogP contribution in [0.15, 0.2) is 24.5 Å². The van der Waals surface area contributed by atoms with Gasteiger partial charge in [-0.2, -0.15) is 13.7 Å². The lowest BCUT2D eigenvalue weighted by Crippen LogP contribution is -2.47. The molecule has 8 nitrogen and oxygen atoms in total. The topological polar surface area (TPSA) is 104 Å². The average molecular weight is 453 g/mol. The molecule has 0 spiro atoms. The van der Waals surface area contributed by atoms with Gasteiger partial charge in [-0.1, -0.05) is 11.6 Å². The molecule has 3 aromatic heterocycles. The van der Waals surface area contributed by atoms with Gasteiger partial charge in [0.25, 0.3) is 0 Å². The summed E-state index contributed by atoms with van der Waals surface area (Å²) in [7, 11) is -3.34. The average Bonchev–Trinajstić information content (AvgIpc) is 3.10. The van der Waals surface area contributed by atoms with Gasteiger partial charge >= 0.3 is 0 Å². The third-order valence-corrected chi connectivity index (χ3v) is 7.57. The van der Waals surface area contributed by atoms with Crippen LogP contribution in [-0.4, -0.2) is 57.0 Å². The minimum absolute atomic E-state index is 0.173. The molecular formula is C19H22ClFN6O2S. The van der Waals surface area contributed by atoms with E-state index >= 15 is 0 Å². The molecule has 4 rings (SSSR count). The maximum absolute atomic E-state index is 14.3. The fourth-order valence-corrected chi connectivity index (χ4v) is 5.10. The summed E-state index contributed by atoms with van der Waals surface area (Å²) in [4.78, 5) is 15.6. The zero-order valence-corrected chi connectivity index (χ0v) is 18.1. The summed E-state index contributed by atoms with van der Waals surface area (Å²) in [5.41, 5.74) is 1.17. The Kier molecular flexibility index (Phi) is 5.65.